The molecule has 0 saturated heterocycles. The van der Waals surface area contributed by atoms with E-state index in [1.807, 2.05) is 6.92 Å². The molecule has 0 aromatic heterocycles. The van der Waals surface area contributed by atoms with Gasteiger partial charge >= 0.3 is 0 Å². The Balaban J connectivity index is 2.15. The van der Waals surface area contributed by atoms with Gasteiger partial charge in [-0.3, -0.25) is 9.69 Å². The maximum atomic E-state index is 14.5. The number of rotatable bonds is 5. The van der Waals surface area contributed by atoms with Crippen molar-refractivity contribution in [2.24, 2.45) is 5.92 Å². The smallest absolute Gasteiger partial charge is 0.257 e. The molecule has 0 spiro atoms. The number of carbonyl (C=O) groups excluding carboxylic acids is 1. The van der Waals surface area contributed by atoms with Gasteiger partial charge < -0.3 is 5.11 Å². The zero-order valence-corrected chi connectivity index (χ0v) is 15.1. The molecule has 3 nitrogen and oxygen atoms in total. The zero-order chi connectivity index (χ0) is 19.1. The fourth-order valence-electron chi connectivity index (χ4n) is 4.22. The highest BCUT2D eigenvalue weighted by molar-refractivity contribution is 6.11. The van der Waals surface area contributed by atoms with E-state index in [0.29, 0.717) is 42.5 Å². The predicted octanol–water partition coefficient (Wildman–Crippen LogP) is 4.84. The fourth-order valence-corrected chi connectivity index (χ4v) is 4.22. The number of hydrogen-bond donors (Lipinski definition) is 1. The van der Waals surface area contributed by atoms with E-state index in [4.69, 9.17) is 0 Å². The number of amides is 1. The summed E-state index contributed by atoms with van der Waals surface area (Å²) < 4.78 is 42.3. The Morgan fingerprint density at radius 2 is 1.81 bits per heavy atom. The third kappa shape index (κ3) is 2.84. The molecule has 2 atom stereocenters. The number of nitrogens with zero attached hydrogens (tertiary/aromatic N) is 1. The third-order valence-electron chi connectivity index (χ3n) is 5.60. The largest absolute Gasteiger partial charge is 0.366 e. The van der Waals surface area contributed by atoms with Crippen LogP contribution in [0.3, 0.4) is 0 Å². The van der Waals surface area contributed by atoms with Crippen molar-refractivity contribution in [2.45, 2.75) is 64.5 Å². The van der Waals surface area contributed by atoms with Crippen molar-refractivity contribution in [2.75, 3.05) is 4.90 Å². The summed E-state index contributed by atoms with van der Waals surface area (Å²) in [6, 6.07) is 1.08. The van der Waals surface area contributed by atoms with Crippen molar-refractivity contribution in [1.82, 2.24) is 0 Å². The number of hydrogen-bond acceptors (Lipinski definition) is 2. The van der Waals surface area contributed by atoms with Crippen LogP contribution in [-0.4, -0.2) is 16.7 Å². The number of benzene rings is 1. The highest BCUT2D eigenvalue weighted by atomic mass is 19.1. The lowest BCUT2D eigenvalue weighted by Gasteiger charge is -2.41. The SMILES string of the molecule is CCCCC(C)C1(O)C2=C(CCCC2)C(=O)N1c1c(F)cc(F)cc1F. The first-order chi connectivity index (χ1) is 12.3. The third-order valence-corrected chi connectivity index (χ3v) is 5.60. The van der Waals surface area contributed by atoms with Crippen LogP contribution in [0.2, 0.25) is 0 Å². The van der Waals surface area contributed by atoms with Crippen molar-refractivity contribution < 1.29 is 23.1 Å². The Labute approximate surface area is 151 Å². The summed E-state index contributed by atoms with van der Waals surface area (Å²) in [4.78, 5) is 13.8. The van der Waals surface area contributed by atoms with Crippen LogP contribution in [-0.2, 0) is 4.79 Å². The van der Waals surface area contributed by atoms with Crippen molar-refractivity contribution >= 4 is 11.6 Å². The van der Waals surface area contributed by atoms with E-state index in [1.165, 1.54) is 0 Å². The van der Waals surface area contributed by atoms with Gasteiger partial charge in [-0.15, -0.1) is 0 Å². The van der Waals surface area contributed by atoms with Crippen LogP contribution in [0.5, 0.6) is 0 Å². The van der Waals surface area contributed by atoms with Gasteiger partial charge in [0.05, 0.1) is 0 Å². The second kappa shape index (κ2) is 7.06. The van der Waals surface area contributed by atoms with Gasteiger partial charge in [-0.1, -0.05) is 26.7 Å². The minimum absolute atomic E-state index is 0.402. The second-order valence-corrected chi connectivity index (χ2v) is 7.29. The summed E-state index contributed by atoms with van der Waals surface area (Å²) in [6.45, 7) is 3.80. The van der Waals surface area contributed by atoms with Gasteiger partial charge in [-0.05, 0) is 37.7 Å². The highest BCUT2D eigenvalue weighted by Gasteiger charge is 2.55. The minimum atomic E-state index is -1.78. The van der Waals surface area contributed by atoms with Crippen LogP contribution in [0.4, 0.5) is 18.9 Å². The Bertz CT molecular complexity index is 738. The molecule has 1 heterocycles. The Kier molecular flexibility index (Phi) is 5.15. The first kappa shape index (κ1) is 19.0. The maximum Gasteiger partial charge on any atom is 0.257 e. The summed E-state index contributed by atoms with van der Waals surface area (Å²) in [5.74, 6) is -4.40. The molecule has 2 unspecified atom stereocenters. The van der Waals surface area contributed by atoms with Gasteiger partial charge in [-0.25, -0.2) is 13.2 Å². The molecule has 0 radical (unpaired) electrons. The quantitative estimate of drug-likeness (QED) is 0.809. The average molecular weight is 367 g/mol. The number of anilines is 1. The Hall–Kier alpha value is -1.82. The molecule has 1 aromatic rings. The molecule has 26 heavy (non-hydrogen) atoms. The van der Waals surface area contributed by atoms with Gasteiger partial charge in [0.1, 0.15) is 11.5 Å². The molecule has 0 bridgehead atoms. The van der Waals surface area contributed by atoms with Crippen LogP contribution in [0.25, 0.3) is 0 Å². The van der Waals surface area contributed by atoms with E-state index in [9.17, 15) is 23.1 Å². The molecule has 142 valence electrons. The van der Waals surface area contributed by atoms with Gasteiger partial charge in [-0.2, -0.15) is 0 Å². The molecule has 0 saturated carbocycles. The average Bonchev–Trinajstić information content (AvgIpc) is 2.82. The predicted molar refractivity (Wildman–Crippen MR) is 92.9 cm³/mol. The number of aliphatic hydroxyl groups is 1. The lowest BCUT2D eigenvalue weighted by molar-refractivity contribution is -0.118. The maximum absolute atomic E-state index is 14.5. The summed E-state index contributed by atoms with van der Waals surface area (Å²) in [5, 5.41) is 11.6. The molecular formula is C20H24F3NO2. The second-order valence-electron chi connectivity index (χ2n) is 7.29. The summed E-state index contributed by atoms with van der Waals surface area (Å²) >= 11 is 0. The van der Waals surface area contributed by atoms with E-state index in [2.05, 4.69) is 0 Å². The molecular weight excluding hydrogens is 343 g/mol. The number of halogens is 3. The van der Waals surface area contributed by atoms with E-state index >= 15 is 0 Å². The molecule has 1 N–H and O–H groups in total. The zero-order valence-electron chi connectivity index (χ0n) is 15.1. The van der Waals surface area contributed by atoms with Crippen LogP contribution in [0.1, 0.15) is 58.8 Å². The summed E-state index contributed by atoms with van der Waals surface area (Å²) in [5.41, 5.74) is -1.43. The van der Waals surface area contributed by atoms with Gasteiger partial charge in [0.15, 0.2) is 17.4 Å². The van der Waals surface area contributed by atoms with Crippen LogP contribution in [0, 0.1) is 23.4 Å². The summed E-state index contributed by atoms with van der Waals surface area (Å²) in [6.07, 6.45) is 4.95. The van der Waals surface area contributed by atoms with E-state index in [0.717, 1.165) is 30.6 Å². The molecule has 1 amide bonds. The standard InChI is InChI=1S/C20H24F3NO2/c1-3-4-7-12(2)20(26)15-9-6-5-8-14(15)19(25)24(20)18-16(22)10-13(21)11-17(18)23/h10-12,26H,3-9H2,1-2H3. The molecule has 1 aromatic carbocycles. The molecule has 3 rings (SSSR count). The molecule has 2 aliphatic rings. The topological polar surface area (TPSA) is 40.5 Å². The monoisotopic (exact) mass is 367 g/mol. The Morgan fingerprint density at radius 3 is 2.42 bits per heavy atom. The summed E-state index contributed by atoms with van der Waals surface area (Å²) in [7, 11) is 0. The van der Waals surface area contributed by atoms with Gasteiger partial charge in [0.25, 0.3) is 5.91 Å². The van der Waals surface area contributed by atoms with Crippen LogP contribution in [0.15, 0.2) is 23.3 Å². The van der Waals surface area contributed by atoms with Crippen molar-refractivity contribution in [3.63, 3.8) is 0 Å². The molecule has 1 aliphatic heterocycles. The molecule has 1 aliphatic carbocycles. The van der Waals surface area contributed by atoms with Crippen LogP contribution >= 0.6 is 0 Å². The lowest BCUT2D eigenvalue weighted by Crippen LogP contribution is -2.54. The number of carbonyl (C=O) groups is 1. The van der Waals surface area contributed by atoms with Crippen molar-refractivity contribution in [3.05, 3.63) is 40.7 Å². The fraction of sp³-hybridized carbons (Fsp3) is 0.550. The van der Waals surface area contributed by atoms with Gasteiger partial charge in [0, 0.05) is 23.6 Å². The molecule has 0 fully saturated rings. The number of unbranched alkanes of at least 4 members (excludes halogenated alkanes) is 1. The van der Waals surface area contributed by atoms with E-state index < -0.39 is 40.7 Å². The van der Waals surface area contributed by atoms with Crippen molar-refractivity contribution in [1.29, 1.82) is 0 Å². The normalized spacial score (nSPS) is 24.2. The first-order valence-electron chi connectivity index (χ1n) is 9.26. The van der Waals surface area contributed by atoms with Crippen LogP contribution < -0.4 is 4.90 Å². The Morgan fingerprint density at radius 1 is 1.19 bits per heavy atom. The van der Waals surface area contributed by atoms with E-state index in [1.54, 1.807) is 6.92 Å². The minimum Gasteiger partial charge on any atom is -0.366 e. The highest BCUT2D eigenvalue weighted by Crippen LogP contribution is 2.49. The van der Waals surface area contributed by atoms with E-state index in [-0.39, 0.29) is 0 Å². The van der Waals surface area contributed by atoms with Crippen molar-refractivity contribution in [3.8, 4) is 0 Å². The first-order valence-corrected chi connectivity index (χ1v) is 9.26. The molecule has 6 heteroatoms. The lowest BCUT2D eigenvalue weighted by atomic mass is 9.80. The van der Waals surface area contributed by atoms with Gasteiger partial charge in [0.2, 0.25) is 0 Å².